The van der Waals surface area contributed by atoms with Crippen LogP contribution in [0.25, 0.3) is 0 Å². The van der Waals surface area contributed by atoms with Crippen LogP contribution < -0.4 is 4.74 Å². The van der Waals surface area contributed by atoms with Gasteiger partial charge in [-0.15, -0.1) is 11.3 Å². The zero-order valence-electron chi connectivity index (χ0n) is 12.9. The fourth-order valence-electron chi connectivity index (χ4n) is 2.93. The molecule has 2 aromatic heterocycles. The molecule has 0 atom stereocenters. The molecule has 0 amide bonds. The van der Waals surface area contributed by atoms with Crippen molar-refractivity contribution < 1.29 is 9.53 Å². The normalized spacial score (nSPS) is 15.7. The maximum Gasteiger partial charge on any atom is 0.213 e. The molecule has 1 aliphatic carbocycles. The van der Waals surface area contributed by atoms with Crippen molar-refractivity contribution in [1.29, 1.82) is 0 Å². The van der Waals surface area contributed by atoms with Gasteiger partial charge in [0.15, 0.2) is 5.78 Å². The first-order valence-electron chi connectivity index (χ1n) is 7.92. The summed E-state index contributed by atoms with van der Waals surface area (Å²) >= 11 is 1.49. The highest BCUT2D eigenvalue weighted by atomic mass is 32.1. The minimum atomic E-state index is 0.105. The van der Waals surface area contributed by atoms with E-state index in [1.165, 1.54) is 43.4 Å². The SMILES string of the molecule is CC(=O)c1ccc(COc2cccc(C3CCCCC3)n2)s1. The van der Waals surface area contributed by atoms with Crippen LogP contribution in [0, 0.1) is 0 Å². The fourth-order valence-corrected chi connectivity index (χ4v) is 3.74. The molecule has 0 aromatic carbocycles. The molecule has 4 heteroatoms. The number of carbonyl (C=O) groups is 1. The van der Waals surface area contributed by atoms with E-state index >= 15 is 0 Å². The molecule has 3 nitrogen and oxygen atoms in total. The molecule has 0 aliphatic heterocycles. The van der Waals surface area contributed by atoms with E-state index < -0.39 is 0 Å². The molecule has 3 rings (SSSR count). The molecule has 1 fully saturated rings. The Morgan fingerprint density at radius 3 is 2.77 bits per heavy atom. The van der Waals surface area contributed by atoms with Gasteiger partial charge in [0.05, 0.1) is 4.88 Å². The van der Waals surface area contributed by atoms with Crippen LogP contribution >= 0.6 is 11.3 Å². The molecule has 1 aliphatic rings. The summed E-state index contributed by atoms with van der Waals surface area (Å²) < 4.78 is 5.80. The zero-order chi connectivity index (χ0) is 15.4. The summed E-state index contributed by atoms with van der Waals surface area (Å²) in [5, 5.41) is 0. The summed E-state index contributed by atoms with van der Waals surface area (Å²) in [6.45, 7) is 2.06. The minimum Gasteiger partial charge on any atom is -0.472 e. The molecule has 0 spiro atoms. The maximum absolute atomic E-state index is 11.3. The summed E-state index contributed by atoms with van der Waals surface area (Å²) in [7, 11) is 0. The maximum atomic E-state index is 11.3. The predicted molar refractivity (Wildman–Crippen MR) is 88.7 cm³/mol. The third kappa shape index (κ3) is 3.74. The highest BCUT2D eigenvalue weighted by Crippen LogP contribution is 2.32. The lowest BCUT2D eigenvalue weighted by Crippen LogP contribution is -2.07. The first-order chi connectivity index (χ1) is 10.7. The van der Waals surface area contributed by atoms with Crippen LogP contribution in [0.1, 0.15) is 65.2 Å². The Bertz CT molecular complexity index is 644. The van der Waals surface area contributed by atoms with Gasteiger partial charge in [-0.1, -0.05) is 25.3 Å². The van der Waals surface area contributed by atoms with Gasteiger partial charge < -0.3 is 4.74 Å². The van der Waals surface area contributed by atoms with E-state index in [0.29, 0.717) is 18.4 Å². The van der Waals surface area contributed by atoms with Gasteiger partial charge in [0.25, 0.3) is 0 Å². The number of Topliss-reactive ketones (excluding diaryl/α,β-unsaturated/α-hetero) is 1. The number of nitrogens with zero attached hydrogens (tertiary/aromatic N) is 1. The van der Waals surface area contributed by atoms with E-state index in [-0.39, 0.29) is 5.78 Å². The summed E-state index contributed by atoms with van der Waals surface area (Å²) in [6, 6.07) is 9.86. The predicted octanol–water partition coefficient (Wildman–Crippen LogP) is 4.97. The Balaban J connectivity index is 1.63. The van der Waals surface area contributed by atoms with E-state index in [1.807, 2.05) is 24.3 Å². The number of aromatic nitrogens is 1. The number of ketones is 1. The molecule has 0 radical (unpaired) electrons. The second-order valence-electron chi connectivity index (χ2n) is 5.85. The zero-order valence-corrected chi connectivity index (χ0v) is 13.7. The van der Waals surface area contributed by atoms with Crippen LogP contribution in [-0.2, 0) is 6.61 Å². The minimum absolute atomic E-state index is 0.105. The quantitative estimate of drug-likeness (QED) is 0.731. The van der Waals surface area contributed by atoms with Crippen LogP contribution in [0.2, 0.25) is 0 Å². The average molecular weight is 315 g/mol. The van der Waals surface area contributed by atoms with Crippen molar-refractivity contribution >= 4 is 17.1 Å². The Hall–Kier alpha value is -1.68. The van der Waals surface area contributed by atoms with Crippen LogP contribution in [0.5, 0.6) is 5.88 Å². The third-order valence-corrected chi connectivity index (χ3v) is 5.30. The molecule has 22 heavy (non-hydrogen) atoms. The molecule has 0 N–H and O–H groups in total. The number of rotatable bonds is 5. The van der Waals surface area contributed by atoms with E-state index in [4.69, 9.17) is 4.74 Å². The van der Waals surface area contributed by atoms with Crippen LogP contribution in [0.3, 0.4) is 0 Å². The largest absolute Gasteiger partial charge is 0.472 e. The van der Waals surface area contributed by atoms with Gasteiger partial charge in [0.2, 0.25) is 5.88 Å². The second kappa shape index (κ2) is 7.05. The first kappa shape index (κ1) is 15.2. The molecule has 0 saturated heterocycles. The monoisotopic (exact) mass is 315 g/mol. The summed E-state index contributed by atoms with van der Waals surface area (Å²) in [5.41, 5.74) is 1.16. The van der Waals surface area contributed by atoms with Gasteiger partial charge in [0.1, 0.15) is 6.61 Å². The molecular formula is C18H21NO2S. The van der Waals surface area contributed by atoms with Gasteiger partial charge in [-0.25, -0.2) is 4.98 Å². The van der Waals surface area contributed by atoms with Gasteiger partial charge >= 0.3 is 0 Å². The number of carbonyl (C=O) groups excluding carboxylic acids is 1. The summed E-state index contributed by atoms with van der Waals surface area (Å²) in [6.07, 6.45) is 6.44. The molecular weight excluding hydrogens is 294 g/mol. The Kier molecular flexibility index (Phi) is 4.88. The second-order valence-corrected chi connectivity index (χ2v) is 7.01. The Labute approximate surface area is 135 Å². The van der Waals surface area contributed by atoms with Crippen LogP contribution in [0.4, 0.5) is 0 Å². The highest BCUT2D eigenvalue weighted by molar-refractivity contribution is 7.14. The Morgan fingerprint density at radius 2 is 2.05 bits per heavy atom. The fraction of sp³-hybridized carbons (Fsp3) is 0.444. The van der Waals surface area contributed by atoms with Crippen LogP contribution in [-0.4, -0.2) is 10.8 Å². The van der Waals surface area contributed by atoms with Gasteiger partial charge in [-0.2, -0.15) is 0 Å². The smallest absolute Gasteiger partial charge is 0.213 e. The lowest BCUT2D eigenvalue weighted by atomic mass is 9.87. The molecule has 0 unspecified atom stereocenters. The van der Waals surface area contributed by atoms with Crippen LogP contribution in [0.15, 0.2) is 30.3 Å². The third-order valence-electron chi connectivity index (χ3n) is 4.14. The van der Waals surface area contributed by atoms with E-state index in [0.717, 1.165) is 15.4 Å². The van der Waals surface area contributed by atoms with Crippen molar-refractivity contribution in [3.05, 3.63) is 45.8 Å². The van der Waals surface area contributed by atoms with Crippen molar-refractivity contribution in [2.24, 2.45) is 0 Å². The Morgan fingerprint density at radius 1 is 1.23 bits per heavy atom. The molecule has 2 aromatic rings. The average Bonchev–Trinajstić information content (AvgIpc) is 3.03. The van der Waals surface area contributed by atoms with Crippen molar-refractivity contribution in [3.8, 4) is 5.88 Å². The molecule has 2 heterocycles. The van der Waals surface area contributed by atoms with Gasteiger partial charge in [-0.05, 0) is 38.0 Å². The standard InChI is InChI=1S/C18H21NO2S/c1-13(20)17-11-10-15(22-17)12-21-18-9-5-8-16(19-18)14-6-3-2-4-7-14/h5,8-11,14H,2-4,6-7,12H2,1H3. The first-order valence-corrected chi connectivity index (χ1v) is 8.73. The van der Waals surface area contributed by atoms with E-state index in [2.05, 4.69) is 11.1 Å². The number of ether oxygens (including phenoxy) is 1. The highest BCUT2D eigenvalue weighted by Gasteiger charge is 2.17. The number of hydrogen-bond acceptors (Lipinski definition) is 4. The van der Waals surface area contributed by atoms with E-state index in [9.17, 15) is 4.79 Å². The lowest BCUT2D eigenvalue weighted by Gasteiger charge is -2.21. The number of pyridine rings is 1. The van der Waals surface area contributed by atoms with Crippen molar-refractivity contribution in [3.63, 3.8) is 0 Å². The van der Waals surface area contributed by atoms with Crippen molar-refractivity contribution in [2.45, 2.75) is 51.6 Å². The van der Waals surface area contributed by atoms with E-state index in [1.54, 1.807) is 6.92 Å². The summed E-state index contributed by atoms with van der Waals surface area (Å²) in [5.74, 6) is 1.37. The molecule has 0 bridgehead atoms. The van der Waals surface area contributed by atoms with Crippen molar-refractivity contribution in [1.82, 2.24) is 4.98 Å². The van der Waals surface area contributed by atoms with Crippen molar-refractivity contribution in [2.75, 3.05) is 0 Å². The number of thiophene rings is 1. The summed E-state index contributed by atoms with van der Waals surface area (Å²) in [4.78, 5) is 17.8. The lowest BCUT2D eigenvalue weighted by molar-refractivity contribution is 0.102. The topological polar surface area (TPSA) is 39.2 Å². The van der Waals surface area contributed by atoms with Gasteiger partial charge in [0, 0.05) is 22.6 Å². The number of hydrogen-bond donors (Lipinski definition) is 0. The molecule has 116 valence electrons. The molecule has 1 saturated carbocycles. The van der Waals surface area contributed by atoms with Gasteiger partial charge in [-0.3, -0.25) is 4.79 Å².